The maximum atomic E-state index is 4.91. The molecule has 31 heavy (non-hydrogen) atoms. The van der Waals surface area contributed by atoms with Crippen LogP contribution >= 0.6 is 11.3 Å². The molecule has 0 aliphatic carbocycles. The number of rotatable bonds is 6. The predicted octanol–water partition coefficient (Wildman–Crippen LogP) is 5.12. The average molecular weight is 427 g/mol. The van der Waals surface area contributed by atoms with Crippen LogP contribution in [0.3, 0.4) is 0 Å². The highest BCUT2D eigenvalue weighted by atomic mass is 32.1. The molecular formula is C24H22N6S. The van der Waals surface area contributed by atoms with Crippen molar-refractivity contribution in [2.45, 2.75) is 13.3 Å². The molecule has 6 nitrogen and oxygen atoms in total. The van der Waals surface area contributed by atoms with Gasteiger partial charge in [0.1, 0.15) is 22.2 Å². The Labute approximate surface area is 184 Å². The predicted molar refractivity (Wildman–Crippen MR) is 126 cm³/mol. The number of aromatic nitrogens is 5. The lowest BCUT2D eigenvalue weighted by Crippen LogP contribution is -2.10. The molecule has 0 spiro atoms. The minimum atomic E-state index is 0.633. The molecule has 4 heterocycles. The van der Waals surface area contributed by atoms with E-state index in [-0.39, 0.29) is 0 Å². The summed E-state index contributed by atoms with van der Waals surface area (Å²) < 4.78 is 2.04. The molecule has 0 aliphatic rings. The van der Waals surface area contributed by atoms with Gasteiger partial charge in [-0.05, 0) is 24.6 Å². The molecule has 5 rings (SSSR count). The first-order valence-electron chi connectivity index (χ1n) is 10.2. The summed E-state index contributed by atoms with van der Waals surface area (Å²) in [5.74, 6) is 2.50. The molecule has 0 fully saturated rings. The second-order valence-electron chi connectivity index (χ2n) is 7.32. The molecule has 0 atom stereocenters. The van der Waals surface area contributed by atoms with E-state index in [1.165, 1.54) is 16.0 Å². The fourth-order valence-electron chi connectivity index (χ4n) is 3.73. The smallest absolute Gasteiger partial charge is 0.181 e. The Morgan fingerprint density at radius 1 is 0.968 bits per heavy atom. The van der Waals surface area contributed by atoms with Crippen molar-refractivity contribution in [1.82, 2.24) is 24.5 Å². The maximum absolute atomic E-state index is 4.91. The summed E-state index contributed by atoms with van der Waals surface area (Å²) in [5.41, 5.74) is 3.13. The first-order valence-corrected chi connectivity index (χ1v) is 11.0. The van der Waals surface area contributed by atoms with Gasteiger partial charge in [0.15, 0.2) is 5.82 Å². The van der Waals surface area contributed by atoms with E-state index in [0.717, 1.165) is 40.5 Å². The van der Waals surface area contributed by atoms with Crippen LogP contribution in [0.4, 0.5) is 5.82 Å². The molecule has 154 valence electrons. The summed E-state index contributed by atoms with van der Waals surface area (Å²) in [5, 5.41) is 4.62. The normalized spacial score (nSPS) is 11.2. The summed E-state index contributed by atoms with van der Waals surface area (Å²) >= 11 is 1.69. The monoisotopic (exact) mass is 426 g/mol. The second kappa shape index (κ2) is 8.28. The van der Waals surface area contributed by atoms with Crippen LogP contribution in [0.15, 0.2) is 67.1 Å². The van der Waals surface area contributed by atoms with Crippen LogP contribution in [0.2, 0.25) is 0 Å². The molecule has 4 aromatic heterocycles. The van der Waals surface area contributed by atoms with Crippen molar-refractivity contribution >= 4 is 27.4 Å². The van der Waals surface area contributed by atoms with Crippen LogP contribution < -0.4 is 5.32 Å². The number of pyridine rings is 1. The van der Waals surface area contributed by atoms with Gasteiger partial charge >= 0.3 is 0 Å². The summed E-state index contributed by atoms with van der Waals surface area (Å²) in [6, 6.07) is 16.2. The Balaban J connectivity index is 1.61. The number of thiophene rings is 1. The highest BCUT2D eigenvalue weighted by molar-refractivity contribution is 7.19. The van der Waals surface area contributed by atoms with Gasteiger partial charge in [-0.2, -0.15) is 0 Å². The number of nitrogens with zero attached hydrogens (tertiary/aromatic N) is 5. The minimum absolute atomic E-state index is 0.633. The van der Waals surface area contributed by atoms with E-state index in [9.17, 15) is 0 Å². The van der Waals surface area contributed by atoms with Gasteiger partial charge in [0.2, 0.25) is 0 Å². The molecule has 0 saturated heterocycles. The summed E-state index contributed by atoms with van der Waals surface area (Å²) in [6.45, 7) is 2.87. The number of aryl methyl sites for hydroxylation is 2. The van der Waals surface area contributed by atoms with Gasteiger partial charge in [-0.15, -0.1) is 11.3 Å². The highest BCUT2D eigenvalue weighted by Crippen LogP contribution is 2.41. The molecule has 1 aromatic carbocycles. The molecule has 0 bridgehead atoms. The largest absolute Gasteiger partial charge is 0.369 e. The Hall–Kier alpha value is -3.58. The summed E-state index contributed by atoms with van der Waals surface area (Å²) in [6.07, 6.45) is 6.37. The van der Waals surface area contributed by atoms with Gasteiger partial charge < -0.3 is 9.88 Å². The summed E-state index contributed by atoms with van der Waals surface area (Å²) in [7, 11) is 2.01. The molecule has 0 saturated carbocycles. The van der Waals surface area contributed by atoms with Crippen molar-refractivity contribution in [3.63, 3.8) is 0 Å². The zero-order chi connectivity index (χ0) is 21.2. The number of nitrogens with one attached hydrogen (secondary N) is 1. The van der Waals surface area contributed by atoms with Crippen molar-refractivity contribution < 1.29 is 0 Å². The fourth-order valence-corrected chi connectivity index (χ4v) is 4.78. The Bertz CT molecular complexity index is 1320. The topological polar surface area (TPSA) is 68.5 Å². The molecule has 1 N–H and O–H groups in total. The van der Waals surface area contributed by atoms with E-state index >= 15 is 0 Å². The Kier molecular flexibility index (Phi) is 5.18. The molecular weight excluding hydrogens is 404 g/mol. The van der Waals surface area contributed by atoms with E-state index in [2.05, 4.69) is 46.5 Å². The highest BCUT2D eigenvalue weighted by Gasteiger charge is 2.19. The van der Waals surface area contributed by atoms with Crippen LogP contribution in [0.5, 0.6) is 0 Å². The van der Waals surface area contributed by atoms with Crippen LogP contribution in [-0.4, -0.2) is 31.0 Å². The van der Waals surface area contributed by atoms with Crippen LogP contribution in [0.25, 0.3) is 32.9 Å². The Morgan fingerprint density at radius 3 is 2.55 bits per heavy atom. The number of hydrogen-bond acceptors (Lipinski definition) is 6. The molecule has 7 heteroatoms. The lowest BCUT2D eigenvalue weighted by atomic mass is 10.0. The lowest BCUT2D eigenvalue weighted by molar-refractivity contribution is 0.789. The van der Waals surface area contributed by atoms with E-state index < -0.39 is 0 Å². The van der Waals surface area contributed by atoms with E-state index in [1.54, 1.807) is 17.5 Å². The Morgan fingerprint density at radius 2 is 1.81 bits per heavy atom. The number of benzene rings is 1. The van der Waals surface area contributed by atoms with Crippen molar-refractivity contribution in [3.8, 4) is 22.6 Å². The maximum Gasteiger partial charge on any atom is 0.181 e. The molecule has 0 unspecified atom stereocenters. The fraction of sp³-hybridized carbons (Fsp3) is 0.167. The zero-order valence-corrected chi connectivity index (χ0v) is 18.2. The number of hydrogen-bond donors (Lipinski definition) is 1. The zero-order valence-electron chi connectivity index (χ0n) is 17.4. The van der Waals surface area contributed by atoms with Gasteiger partial charge in [-0.25, -0.2) is 15.0 Å². The first kappa shape index (κ1) is 19.4. The third-order valence-electron chi connectivity index (χ3n) is 5.25. The lowest BCUT2D eigenvalue weighted by Gasteiger charge is -2.11. The van der Waals surface area contributed by atoms with Gasteiger partial charge in [-0.3, -0.25) is 4.98 Å². The van der Waals surface area contributed by atoms with Crippen LogP contribution in [-0.2, 0) is 13.5 Å². The van der Waals surface area contributed by atoms with E-state index in [0.29, 0.717) is 5.82 Å². The quantitative estimate of drug-likeness (QED) is 0.408. The third-order valence-corrected chi connectivity index (χ3v) is 6.25. The van der Waals surface area contributed by atoms with Crippen molar-refractivity contribution in [2.75, 3.05) is 11.9 Å². The number of fused-ring (bicyclic) bond motifs is 1. The van der Waals surface area contributed by atoms with Gasteiger partial charge in [0.25, 0.3) is 0 Å². The van der Waals surface area contributed by atoms with Crippen LogP contribution in [0, 0.1) is 6.92 Å². The molecule has 5 aromatic rings. The molecule has 0 amide bonds. The number of imidazole rings is 1. The molecule has 0 radical (unpaired) electrons. The third kappa shape index (κ3) is 3.80. The first-order chi connectivity index (χ1) is 15.2. The van der Waals surface area contributed by atoms with Gasteiger partial charge in [0.05, 0.1) is 5.39 Å². The summed E-state index contributed by atoms with van der Waals surface area (Å²) in [4.78, 5) is 20.8. The van der Waals surface area contributed by atoms with E-state index in [1.807, 2.05) is 48.3 Å². The SMILES string of the molecule is Cc1sc2nc(-c3ccccn3)nc(NCCc3nccn3C)c2c1-c1ccccc1. The van der Waals surface area contributed by atoms with Crippen molar-refractivity contribution in [2.24, 2.45) is 7.05 Å². The van der Waals surface area contributed by atoms with Gasteiger partial charge in [0, 0.05) is 49.0 Å². The molecule has 0 aliphatic heterocycles. The van der Waals surface area contributed by atoms with Crippen molar-refractivity contribution in [1.29, 1.82) is 0 Å². The average Bonchev–Trinajstić information content (AvgIpc) is 3.36. The van der Waals surface area contributed by atoms with E-state index in [4.69, 9.17) is 9.97 Å². The van der Waals surface area contributed by atoms with Crippen LogP contribution in [0.1, 0.15) is 10.7 Å². The standard InChI is InChI=1S/C24H22N6S/c1-16-20(17-8-4-3-5-9-17)21-23(27-13-11-19-26-14-15-30(19)2)28-22(29-24(21)31-16)18-10-6-7-12-25-18/h3-10,12,14-15H,11,13H2,1-2H3,(H,27,28,29). The van der Waals surface area contributed by atoms with Crippen molar-refractivity contribution in [3.05, 3.63) is 77.8 Å². The second-order valence-corrected chi connectivity index (χ2v) is 8.52. The van der Waals surface area contributed by atoms with Gasteiger partial charge in [-0.1, -0.05) is 36.4 Å². The number of anilines is 1. The minimum Gasteiger partial charge on any atom is -0.369 e.